The molecule has 0 aromatic heterocycles. The average molecular weight is 309 g/mol. The summed E-state index contributed by atoms with van der Waals surface area (Å²) in [7, 11) is 1.40. The Labute approximate surface area is 111 Å². The zero-order valence-electron chi connectivity index (χ0n) is 10.5. The normalized spacial score (nSPS) is 12.9. The van der Waals surface area contributed by atoms with Gasteiger partial charge in [0.1, 0.15) is 0 Å². The molecule has 0 radical (unpaired) electrons. The summed E-state index contributed by atoms with van der Waals surface area (Å²) in [5.74, 6) is -0.180. The molecule has 0 heterocycles. The minimum absolute atomic E-state index is 0.0134. The topological polar surface area (TPSA) is 44.8 Å². The predicted molar refractivity (Wildman–Crippen MR) is 70.2 cm³/mol. The van der Waals surface area contributed by atoms with E-state index in [-0.39, 0.29) is 12.1 Å². The summed E-state index contributed by atoms with van der Waals surface area (Å²) < 4.78 is 15.4. The molecule has 0 aliphatic heterocycles. The van der Waals surface area contributed by atoms with Gasteiger partial charge in [0.2, 0.25) is 0 Å². The van der Waals surface area contributed by atoms with Crippen molar-refractivity contribution in [2.45, 2.75) is 32.3 Å². The van der Waals surface area contributed by atoms with Gasteiger partial charge in [-0.25, -0.2) is 0 Å². The van der Waals surface area contributed by atoms with Gasteiger partial charge in [0.25, 0.3) is 0 Å². The van der Waals surface area contributed by atoms with Crippen LogP contribution in [0, 0.1) is 0 Å². The highest BCUT2D eigenvalue weighted by Gasteiger charge is 2.07. The van der Waals surface area contributed by atoms with E-state index in [0.29, 0.717) is 26.2 Å². The SMILES string of the molecule is CCOCCO[C@H](/C=C/Br)CCCC(=O)OC. The maximum absolute atomic E-state index is 10.9. The van der Waals surface area contributed by atoms with Crippen LogP contribution in [0.1, 0.15) is 26.2 Å². The lowest BCUT2D eigenvalue weighted by molar-refractivity contribution is -0.140. The minimum Gasteiger partial charge on any atom is -0.469 e. The fourth-order valence-electron chi connectivity index (χ4n) is 1.27. The van der Waals surface area contributed by atoms with Crippen LogP contribution in [0.5, 0.6) is 0 Å². The van der Waals surface area contributed by atoms with Crippen molar-refractivity contribution in [3.05, 3.63) is 11.1 Å². The lowest BCUT2D eigenvalue weighted by Gasteiger charge is -2.13. The Morgan fingerprint density at radius 1 is 1.41 bits per heavy atom. The molecule has 0 bridgehead atoms. The third-order valence-corrected chi connectivity index (χ3v) is 2.45. The Kier molecular flexibility index (Phi) is 11.8. The molecule has 0 aliphatic carbocycles. The number of hydrogen-bond acceptors (Lipinski definition) is 4. The second kappa shape index (κ2) is 12.1. The maximum Gasteiger partial charge on any atom is 0.305 e. The molecule has 0 amide bonds. The van der Waals surface area contributed by atoms with Gasteiger partial charge in [-0.3, -0.25) is 4.79 Å². The number of hydrogen-bond donors (Lipinski definition) is 0. The van der Waals surface area contributed by atoms with Crippen molar-refractivity contribution >= 4 is 21.9 Å². The number of ether oxygens (including phenoxy) is 3. The van der Waals surface area contributed by atoms with Crippen molar-refractivity contribution in [1.29, 1.82) is 0 Å². The van der Waals surface area contributed by atoms with Crippen LogP contribution in [0.2, 0.25) is 0 Å². The Morgan fingerprint density at radius 3 is 2.76 bits per heavy atom. The summed E-state index contributed by atoms with van der Waals surface area (Å²) in [5.41, 5.74) is 0. The van der Waals surface area contributed by atoms with Gasteiger partial charge < -0.3 is 14.2 Å². The van der Waals surface area contributed by atoms with Crippen molar-refractivity contribution in [3.63, 3.8) is 0 Å². The Bertz CT molecular complexity index is 219. The van der Waals surface area contributed by atoms with Gasteiger partial charge in [-0.15, -0.1) is 0 Å². The first-order valence-corrected chi connectivity index (χ1v) is 6.69. The molecule has 0 unspecified atom stereocenters. The van der Waals surface area contributed by atoms with E-state index < -0.39 is 0 Å². The van der Waals surface area contributed by atoms with Gasteiger partial charge in [0, 0.05) is 13.0 Å². The summed E-state index contributed by atoms with van der Waals surface area (Å²) in [6, 6.07) is 0. The number of rotatable bonds is 10. The summed E-state index contributed by atoms with van der Waals surface area (Å²) in [5, 5.41) is 0. The van der Waals surface area contributed by atoms with E-state index in [4.69, 9.17) is 9.47 Å². The van der Waals surface area contributed by atoms with Crippen molar-refractivity contribution in [1.82, 2.24) is 0 Å². The molecule has 5 heteroatoms. The van der Waals surface area contributed by atoms with Crippen molar-refractivity contribution in [2.24, 2.45) is 0 Å². The zero-order valence-corrected chi connectivity index (χ0v) is 12.1. The highest BCUT2D eigenvalue weighted by molar-refractivity contribution is 9.11. The average Bonchev–Trinajstić information content (AvgIpc) is 2.34. The quantitative estimate of drug-likeness (QED) is 0.460. The smallest absolute Gasteiger partial charge is 0.305 e. The lowest BCUT2D eigenvalue weighted by Crippen LogP contribution is -2.15. The molecular weight excluding hydrogens is 288 g/mol. The maximum atomic E-state index is 10.9. The molecule has 4 nitrogen and oxygen atoms in total. The summed E-state index contributed by atoms with van der Waals surface area (Å²) in [6.07, 6.45) is 3.91. The molecule has 0 fully saturated rings. The van der Waals surface area contributed by atoms with Crippen LogP contribution in [0.3, 0.4) is 0 Å². The lowest BCUT2D eigenvalue weighted by atomic mass is 10.1. The van der Waals surface area contributed by atoms with Gasteiger partial charge in [-0.05, 0) is 30.8 Å². The van der Waals surface area contributed by atoms with Crippen LogP contribution < -0.4 is 0 Å². The van der Waals surface area contributed by atoms with E-state index in [9.17, 15) is 4.79 Å². The zero-order chi connectivity index (χ0) is 12.9. The van der Waals surface area contributed by atoms with Gasteiger partial charge in [0.05, 0.1) is 26.4 Å². The van der Waals surface area contributed by atoms with E-state index in [2.05, 4.69) is 20.7 Å². The van der Waals surface area contributed by atoms with E-state index in [1.54, 1.807) is 4.99 Å². The molecule has 0 aliphatic rings. The van der Waals surface area contributed by atoms with Gasteiger partial charge in [0.15, 0.2) is 0 Å². The summed E-state index contributed by atoms with van der Waals surface area (Å²) in [6.45, 7) is 3.81. The monoisotopic (exact) mass is 308 g/mol. The molecule has 0 rings (SSSR count). The Balaban J connectivity index is 3.70. The van der Waals surface area contributed by atoms with Crippen LogP contribution in [0.4, 0.5) is 0 Å². The fourth-order valence-corrected chi connectivity index (χ4v) is 1.61. The fraction of sp³-hybridized carbons (Fsp3) is 0.750. The van der Waals surface area contributed by atoms with Crippen LogP contribution in [-0.4, -0.2) is 39.0 Å². The number of carbonyl (C=O) groups excluding carboxylic acids is 1. The van der Waals surface area contributed by atoms with Crippen molar-refractivity contribution in [2.75, 3.05) is 26.9 Å². The summed E-state index contributed by atoms with van der Waals surface area (Å²) >= 11 is 3.22. The van der Waals surface area contributed by atoms with Crippen molar-refractivity contribution in [3.8, 4) is 0 Å². The van der Waals surface area contributed by atoms with E-state index in [1.807, 2.05) is 13.0 Å². The molecule has 0 saturated carbocycles. The molecule has 0 aromatic rings. The summed E-state index contributed by atoms with van der Waals surface area (Å²) in [4.78, 5) is 12.7. The minimum atomic E-state index is -0.180. The van der Waals surface area contributed by atoms with Crippen LogP contribution in [-0.2, 0) is 19.0 Å². The first kappa shape index (κ1) is 16.6. The number of halogens is 1. The van der Waals surface area contributed by atoms with Gasteiger partial charge in [-0.1, -0.05) is 15.9 Å². The Morgan fingerprint density at radius 2 is 2.18 bits per heavy atom. The predicted octanol–water partition coefficient (Wildman–Crippen LogP) is 2.66. The van der Waals surface area contributed by atoms with Gasteiger partial charge in [-0.2, -0.15) is 0 Å². The molecule has 17 heavy (non-hydrogen) atoms. The van der Waals surface area contributed by atoms with Crippen LogP contribution in [0.25, 0.3) is 0 Å². The molecule has 1 atom stereocenters. The molecular formula is C12H21BrO4. The second-order valence-corrected chi connectivity index (χ2v) is 3.92. The first-order valence-electron chi connectivity index (χ1n) is 5.77. The largest absolute Gasteiger partial charge is 0.469 e. The van der Waals surface area contributed by atoms with Gasteiger partial charge >= 0.3 is 5.97 Å². The molecule has 100 valence electrons. The second-order valence-electron chi connectivity index (χ2n) is 3.39. The van der Waals surface area contributed by atoms with E-state index in [0.717, 1.165) is 12.8 Å². The van der Waals surface area contributed by atoms with Crippen LogP contribution >= 0.6 is 15.9 Å². The highest BCUT2D eigenvalue weighted by atomic mass is 79.9. The van der Waals surface area contributed by atoms with Crippen molar-refractivity contribution < 1.29 is 19.0 Å². The molecule has 0 aromatic carbocycles. The highest BCUT2D eigenvalue weighted by Crippen LogP contribution is 2.08. The number of carbonyl (C=O) groups is 1. The Hall–Kier alpha value is -0.390. The van der Waals surface area contributed by atoms with E-state index >= 15 is 0 Å². The molecule has 0 saturated heterocycles. The third-order valence-electron chi connectivity index (χ3n) is 2.15. The first-order chi connectivity index (χ1) is 8.24. The number of methoxy groups -OCH3 is 1. The molecule has 0 spiro atoms. The van der Waals surface area contributed by atoms with Crippen LogP contribution in [0.15, 0.2) is 11.1 Å². The third kappa shape index (κ3) is 10.5. The number of esters is 1. The standard InChI is InChI=1S/C12H21BrO4/c1-3-16-9-10-17-11(7-8-13)5-4-6-12(14)15-2/h7-8,11H,3-6,9-10H2,1-2H3/b8-7+/t11-/m0/s1. The van der Waals surface area contributed by atoms with E-state index in [1.165, 1.54) is 7.11 Å². The molecule has 0 N–H and O–H groups in total.